The fourth-order valence-corrected chi connectivity index (χ4v) is 2.53. The molecule has 0 atom stereocenters. The van der Waals surface area contributed by atoms with Crippen LogP contribution in [0.25, 0.3) is 5.69 Å². The predicted octanol–water partition coefficient (Wildman–Crippen LogP) is 3.21. The summed E-state index contributed by atoms with van der Waals surface area (Å²) in [6, 6.07) is 13.2. The topological polar surface area (TPSA) is 64.3 Å². The maximum Gasteiger partial charge on any atom is 0.342 e. The summed E-state index contributed by atoms with van der Waals surface area (Å²) in [5.41, 5.74) is 0.807. The fraction of sp³-hybridized carbons (Fsp3) is 0.0667. The number of thiophene rings is 1. The van der Waals surface area contributed by atoms with Gasteiger partial charge in [-0.15, -0.1) is 11.3 Å². The summed E-state index contributed by atoms with van der Waals surface area (Å²) in [6.45, 7) is 0.316. The third-order valence-electron chi connectivity index (χ3n) is 2.89. The molecule has 1 N–H and O–H groups in total. The van der Waals surface area contributed by atoms with Crippen LogP contribution in [0, 0.1) is 0 Å². The number of carbonyl (C=O) groups is 1. The van der Waals surface area contributed by atoms with Gasteiger partial charge in [0.25, 0.3) is 0 Å². The monoisotopic (exact) mass is 300 g/mol. The van der Waals surface area contributed by atoms with Gasteiger partial charge in [0.05, 0.1) is 11.9 Å². The Labute approximate surface area is 125 Å². The van der Waals surface area contributed by atoms with Crippen molar-refractivity contribution in [2.24, 2.45) is 0 Å². The maximum atomic E-state index is 11.3. The minimum atomic E-state index is -1.06. The molecule has 5 nitrogen and oxygen atoms in total. The molecule has 0 aliphatic rings. The second kappa shape index (κ2) is 5.80. The molecule has 0 bridgehead atoms. The third kappa shape index (κ3) is 2.80. The minimum Gasteiger partial charge on any atom is -0.477 e. The van der Waals surface area contributed by atoms with Crippen molar-refractivity contribution in [3.05, 3.63) is 64.5 Å². The number of rotatable bonds is 5. The number of hydrogen-bond donors (Lipinski definition) is 1. The largest absolute Gasteiger partial charge is 0.477 e. The molecule has 0 aliphatic carbocycles. The summed E-state index contributed by atoms with van der Waals surface area (Å²) < 4.78 is 7.20. The molecule has 106 valence electrons. The standard InChI is InChI=1S/C15H12N2O3S/c18-15(19)13-9-16-17(11-5-2-1-3-6-11)14(13)20-10-12-7-4-8-21-12/h1-9H,10H2,(H,18,19). The molecule has 0 aliphatic heterocycles. The van der Waals surface area contributed by atoms with Gasteiger partial charge >= 0.3 is 5.97 Å². The SMILES string of the molecule is O=C(O)c1cnn(-c2ccccc2)c1OCc1cccs1. The van der Waals surface area contributed by atoms with Gasteiger partial charge in [0.2, 0.25) is 5.88 Å². The Morgan fingerprint density at radius 1 is 1.24 bits per heavy atom. The van der Waals surface area contributed by atoms with Crippen LogP contribution < -0.4 is 4.74 Å². The van der Waals surface area contributed by atoms with E-state index in [-0.39, 0.29) is 11.4 Å². The smallest absolute Gasteiger partial charge is 0.342 e. The van der Waals surface area contributed by atoms with Crippen LogP contribution in [0.15, 0.2) is 54.0 Å². The molecular weight excluding hydrogens is 288 g/mol. The van der Waals surface area contributed by atoms with Gasteiger partial charge in [-0.3, -0.25) is 0 Å². The van der Waals surface area contributed by atoms with Crippen molar-refractivity contribution in [2.45, 2.75) is 6.61 Å². The van der Waals surface area contributed by atoms with E-state index in [1.54, 1.807) is 11.3 Å². The van der Waals surface area contributed by atoms with Crippen molar-refractivity contribution in [1.29, 1.82) is 0 Å². The number of nitrogens with zero attached hydrogens (tertiary/aromatic N) is 2. The van der Waals surface area contributed by atoms with Gasteiger partial charge in [-0.05, 0) is 23.6 Å². The Morgan fingerprint density at radius 3 is 2.71 bits per heavy atom. The van der Waals surface area contributed by atoms with Crippen LogP contribution in [0.2, 0.25) is 0 Å². The van der Waals surface area contributed by atoms with Gasteiger partial charge in [0, 0.05) is 4.88 Å². The quantitative estimate of drug-likeness (QED) is 0.786. The van der Waals surface area contributed by atoms with E-state index in [9.17, 15) is 9.90 Å². The highest BCUT2D eigenvalue weighted by atomic mass is 32.1. The zero-order valence-electron chi connectivity index (χ0n) is 11.0. The van der Waals surface area contributed by atoms with E-state index in [1.165, 1.54) is 10.9 Å². The van der Waals surface area contributed by atoms with Crippen LogP contribution in [0.5, 0.6) is 5.88 Å². The molecule has 2 aromatic heterocycles. The summed E-state index contributed by atoms with van der Waals surface area (Å²) in [5.74, 6) is -0.819. The average Bonchev–Trinajstić information content (AvgIpc) is 3.15. The molecule has 0 unspecified atom stereocenters. The van der Waals surface area contributed by atoms with Crippen molar-refractivity contribution in [3.63, 3.8) is 0 Å². The van der Waals surface area contributed by atoms with E-state index < -0.39 is 5.97 Å². The molecule has 3 aromatic rings. The first-order chi connectivity index (χ1) is 10.3. The van der Waals surface area contributed by atoms with Crippen LogP contribution in [-0.4, -0.2) is 20.9 Å². The zero-order valence-corrected chi connectivity index (χ0v) is 11.8. The fourth-order valence-electron chi connectivity index (χ4n) is 1.91. The van der Waals surface area contributed by atoms with Gasteiger partial charge in [-0.25, -0.2) is 9.48 Å². The summed E-state index contributed by atoms with van der Waals surface area (Å²) in [4.78, 5) is 12.3. The predicted molar refractivity (Wildman–Crippen MR) is 79.2 cm³/mol. The molecule has 6 heteroatoms. The van der Waals surface area contributed by atoms with E-state index in [4.69, 9.17) is 4.74 Å². The van der Waals surface area contributed by atoms with E-state index in [0.29, 0.717) is 6.61 Å². The lowest BCUT2D eigenvalue weighted by atomic mass is 10.3. The van der Waals surface area contributed by atoms with Gasteiger partial charge in [0.15, 0.2) is 0 Å². The Balaban J connectivity index is 1.95. The van der Waals surface area contributed by atoms with E-state index in [0.717, 1.165) is 10.6 Å². The molecule has 0 radical (unpaired) electrons. The highest BCUT2D eigenvalue weighted by Crippen LogP contribution is 2.24. The molecule has 3 rings (SSSR count). The van der Waals surface area contributed by atoms with Gasteiger partial charge in [0.1, 0.15) is 12.2 Å². The van der Waals surface area contributed by atoms with Crippen molar-refractivity contribution in [1.82, 2.24) is 9.78 Å². The summed E-state index contributed by atoms with van der Waals surface area (Å²) in [7, 11) is 0. The first-order valence-electron chi connectivity index (χ1n) is 6.27. The molecule has 0 spiro atoms. The lowest BCUT2D eigenvalue weighted by Gasteiger charge is -2.09. The number of carboxylic acids is 1. The lowest BCUT2D eigenvalue weighted by Crippen LogP contribution is -2.06. The highest BCUT2D eigenvalue weighted by Gasteiger charge is 2.19. The number of aromatic nitrogens is 2. The Bertz CT molecular complexity index is 736. The zero-order chi connectivity index (χ0) is 14.7. The molecule has 0 fully saturated rings. The van der Waals surface area contributed by atoms with Crippen molar-refractivity contribution < 1.29 is 14.6 Å². The Hall–Kier alpha value is -2.60. The van der Waals surface area contributed by atoms with Crippen molar-refractivity contribution in [3.8, 4) is 11.6 Å². The Kier molecular flexibility index (Phi) is 3.70. The molecule has 1 aromatic carbocycles. The first-order valence-corrected chi connectivity index (χ1v) is 7.15. The van der Waals surface area contributed by atoms with Crippen LogP contribution in [0.3, 0.4) is 0 Å². The summed E-state index contributed by atoms with van der Waals surface area (Å²) >= 11 is 1.56. The Morgan fingerprint density at radius 2 is 2.05 bits per heavy atom. The highest BCUT2D eigenvalue weighted by molar-refractivity contribution is 7.09. The summed E-state index contributed by atoms with van der Waals surface area (Å²) in [5, 5.41) is 15.3. The molecular formula is C15H12N2O3S. The number of aromatic carboxylic acids is 1. The van der Waals surface area contributed by atoms with Crippen molar-refractivity contribution >= 4 is 17.3 Å². The summed E-state index contributed by atoms with van der Waals surface area (Å²) in [6.07, 6.45) is 1.30. The number of hydrogen-bond acceptors (Lipinski definition) is 4. The van der Waals surface area contributed by atoms with Gasteiger partial charge in [-0.2, -0.15) is 5.10 Å². The second-order valence-corrected chi connectivity index (χ2v) is 5.32. The lowest BCUT2D eigenvalue weighted by molar-refractivity contribution is 0.0691. The first kappa shape index (κ1) is 13.4. The van der Waals surface area contributed by atoms with Crippen LogP contribution in [0.1, 0.15) is 15.2 Å². The second-order valence-electron chi connectivity index (χ2n) is 4.28. The van der Waals surface area contributed by atoms with Crippen LogP contribution >= 0.6 is 11.3 Å². The number of carboxylic acid groups (broad SMARTS) is 1. The van der Waals surface area contributed by atoms with E-state index in [1.807, 2.05) is 47.8 Å². The molecule has 21 heavy (non-hydrogen) atoms. The maximum absolute atomic E-state index is 11.3. The third-order valence-corrected chi connectivity index (χ3v) is 3.74. The molecule has 0 amide bonds. The molecule has 0 saturated carbocycles. The van der Waals surface area contributed by atoms with Gasteiger partial charge in [-0.1, -0.05) is 24.3 Å². The average molecular weight is 300 g/mol. The number of ether oxygens (including phenoxy) is 1. The van der Waals surface area contributed by atoms with E-state index >= 15 is 0 Å². The number of benzene rings is 1. The van der Waals surface area contributed by atoms with Crippen molar-refractivity contribution in [2.75, 3.05) is 0 Å². The number of para-hydroxylation sites is 1. The van der Waals surface area contributed by atoms with E-state index in [2.05, 4.69) is 5.10 Å². The molecule has 0 saturated heterocycles. The van der Waals surface area contributed by atoms with Crippen LogP contribution in [0.4, 0.5) is 0 Å². The normalized spacial score (nSPS) is 10.5. The van der Waals surface area contributed by atoms with Gasteiger partial charge < -0.3 is 9.84 Å². The minimum absolute atomic E-state index is 0.0513. The molecule has 2 heterocycles. The van der Waals surface area contributed by atoms with Crippen LogP contribution in [-0.2, 0) is 6.61 Å².